The highest BCUT2D eigenvalue weighted by molar-refractivity contribution is 5.94. The van der Waals surface area contributed by atoms with Crippen LogP contribution < -0.4 is 4.90 Å². The molecule has 9 heteroatoms. The van der Waals surface area contributed by atoms with Crippen LogP contribution in [0.5, 0.6) is 0 Å². The Morgan fingerprint density at radius 1 is 0.764 bits per heavy atom. The van der Waals surface area contributed by atoms with Gasteiger partial charge in [-0.2, -0.15) is 0 Å². The van der Waals surface area contributed by atoms with Crippen LogP contribution in [0, 0.1) is 12.8 Å². The van der Waals surface area contributed by atoms with Gasteiger partial charge in [-0.05, 0) is 70.0 Å². The van der Waals surface area contributed by atoms with Crippen molar-refractivity contribution in [1.82, 2.24) is 30.2 Å². The fraction of sp³-hybridized carbons (Fsp3) is 0.217. The Labute approximate surface area is 322 Å². The molecule has 2 aromatic heterocycles. The van der Waals surface area contributed by atoms with Crippen molar-refractivity contribution in [3.63, 3.8) is 0 Å². The second-order valence-electron chi connectivity index (χ2n) is 13.9. The summed E-state index contributed by atoms with van der Waals surface area (Å²) in [4.78, 5) is 24.2. The molecule has 0 spiro atoms. The number of aromatic nitrogens is 6. The van der Waals surface area contributed by atoms with Crippen LogP contribution in [0.1, 0.15) is 65.6 Å². The number of ether oxygens (including phenoxy) is 1. The Morgan fingerprint density at radius 3 is 1.89 bits per heavy atom. The summed E-state index contributed by atoms with van der Waals surface area (Å²) in [6.07, 6.45) is 2.51. The van der Waals surface area contributed by atoms with E-state index in [4.69, 9.17) is 20.0 Å². The minimum Gasteiger partial charge on any atom is -0.462 e. The molecular weight excluding hydrogens is 683 g/mol. The van der Waals surface area contributed by atoms with Crippen molar-refractivity contribution in [2.45, 2.75) is 46.2 Å². The molecule has 9 nitrogen and oxygen atoms in total. The van der Waals surface area contributed by atoms with Crippen LogP contribution in [0.15, 0.2) is 146 Å². The summed E-state index contributed by atoms with van der Waals surface area (Å²) in [6, 6.07) is 48.1. The Kier molecular flexibility index (Phi) is 11.2. The fourth-order valence-electron chi connectivity index (χ4n) is 7.15. The number of esters is 1. The van der Waals surface area contributed by atoms with Gasteiger partial charge in [0.05, 0.1) is 6.61 Å². The van der Waals surface area contributed by atoms with Crippen molar-refractivity contribution in [1.29, 1.82) is 0 Å². The van der Waals surface area contributed by atoms with Crippen molar-refractivity contribution in [2.75, 3.05) is 18.1 Å². The third-order valence-electron chi connectivity index (χ3n) is 9.83. The molecule has 5 aromatic carbocycles. The smallest absolute Gasteiger partial charge is 0.343 e. The van der Waals surface area contributed by atoms with Gasteiger partial charge in [0, 0.05) is 24.8 Å². The zero-order chi connectivity index (χ0) is 38.2. The predicted octanol–water partition coefficient (Wildman–Crippen LogP) is 9.18. The molecule has 0 saturated carbocycles. The molecule has 0 unspecified atom stereocenters. The number of tetrazole rings is 1. The number of nitrogens with zero attached hydrogens (tertiary/aromatic N) is 7. The minimum atomic E-state index is -0.874. The fourth-order valence-corrected chi connectivity index (χ4v) is 7.15. The van der Waals surface area contributed by atoms with E-state index in [0.717, 1.165) is 51.9 Å². The number of aryl methyl sites for hydroxylation is 1. The van der Waals surface area contributed by atoms with Crippen LogP contribution in [0.25, 0.3) is 22.5 Å². The SMILES string of the molecule is CCOC(=O)c1cnc(C)nc1N(CCC(C)C)Cc1ccc(-c2ccccc2-c2nnnn2C(c2ccccc2)(c2ccccc2)c2ccccc2)cc1. The molecule has 0 saturated heterocycles. The summed E-state index contributed by atoms with van der Waals surface area (Å²) in [5.74, 6) is 1.88. The van der Waals surface area contributed by atoms with E-state index in [0.29, 0.717) is 35.5 Å². The molecular formula is C46H45N7O2. The van der Waals surface area contributed by atoms with Gasteiger partial charge < -0.3 is 9.64 Å². The molecule has 0 aliphatic carbocycles. The maximum Gasteiger partial charge on any atom is 0.343 e. The number of carbonyl (C=O) groups is 1. The van der Waals surface area contributed by atoms with E-state index < -0.39 is 11.5 Å². The molecule has 0 bridgehead atoms. The molecule has 0 aliphatic rings. The van der Waals surface area contributed by atoms with E-state index >= 15 is 0 Å². The summed E-state index contributed by atoms with van der Waals surface area (Å²) in [7, 11) is 0. The van der Waals surface area contributed by atoms with Crippen molar-refractivity contribution >= 4 is 11.8 Å². The molecule has 55 heavy (non-hydrogen) atoms. The third kappa shape index (κ3) is 7.64. The third-order valence-corrected chi connectivity index (χ3v) is 9.83. The first-order chi connectivity index (χ1) is 26.9. The molecule has 0 radical (unpaired) electrons. The van der Waals surface area contributed by atoms with E-state index in [1.165, 1.54) is 0 Å². The first-order valence-corrected chi connectivity index (χ1v) is 18.8. The van der Waals surface area contributed by atoms with E-state index in [1.807, 2.05) is 41.9 Å². The monoisotopic (exact) mass is 727 g/mol. The molecule has 0 atom stereocenters. The molecule has 0 fully saturated rings. The van der Waals surface area contributed by atoms with Crippen LogP contribution in [-0.4, -0.2) is 49.3 Å². The highest BCUT2D eigenvalue weighted by atomic mass is 16.5. The van der Waals surface area contributed by atoms with Gasteiger partial charge in [0.15, 0.2) is 5.82 Å². The van der Waals surface area contributed by atoms with Crippen LogP contribution in [0.4, 0.5) is 5.82 Å². The highest BCUT2D eigenvalue weighted by Crippen LogP contribution is 2.43. The number of benzene rings is 5. The van der Waals surface area contributed by atoms with Crippen LogP contribution >= 0.6 is 0 Å². The van der Waals surface area contributed by atoms with Gasteiger partial charge in [0.25, 0.3) is 0 Å². The van der Waals surface area contributed by atoms with E-state index in [2.05, 4.69) is 138 Å². The first-order valence-electron chi connectivity index (χ1n) is 18.8. The molecule has 0 N–H and O–H groups in total. The molecule has 0 amide bonds. The zero-order valence-electron chi connectivity index (χ0n) is 31.7. The van der Waals surface area contributed by atoms with Crippen LogP contribution in [0.2, 0.25) is 0 Å². The highest BCUT2D eigenvalue weighted by Gasteiger charge is 2.42. The number of hydrogen-bond donors (Lipinski definition) is 0. The lowest BCUT2D eigenvalue weighted by molar-refractivity contribution is 0.0526. The first kappa shape index (κ1) is 36.9. The minimum absolute atomic E-state index is 0.277. The Bertz CT molecular complexity index is 2230. The average Bonchev–Trinajstić information content (AvgIpc) is 3.71. The Morgan fingerprint density at radius 2 is 1.33 bits per heavy atom. The normalized spacial score (nSPS) is 11.4. The summed E-state index contributed by atoms with van der Waals surface area (Å²) in [6.45, 7) is 9.59. The maximum absolute atomic E-state index is 13.0. The lowest BCUT2D eigenvalue weighted by Gasteiger charge is -2.36. The Hall–Kier alpha value is -6.48. The summed E-state index contributed by atoms with van der Waals surface area (Å²) in [5, 5.41) is 13.8. The second-order valence-corrected chi connectivity index (χ2v) is 13.9. The quantitative estimate of drug-likeness (QED) is 0.0808. The predicted molar refractivity (Wildman–Crippen MR) is 217 cm³/mol. The van der Waals surface area contributed by atoms with Gasteiger partial charge >= 0.3 is 5.97 Å². The van der Waals surface area contributed by atoms with Crippen molar-refractivity contribution in [3.8, 4) is 22.5 Å². The van der Waals surface area contributed by atoms with E-state index in [1.54, 1.807) is 13.1 Å². The van der Waals surface area contributed by atoms with Gasteiger partial charge in [-0.1, -0.05) is 153 Å². The summed E-state index contributed by atoms with van der Waals surface area (Å²) in [5.41, 5.74) is 6.62. The van der Waals surface area contributed by atoms with Crippen LogP contribution in [0.3, 0.4) is 0 Å². The lowest BCUT2D eigenvalue weighted by Crippen LogP contribution is -2.39. The van der Waals surface area contributed by atoms with Crippen molar-refractivity contribution < 1.29 is 9.53 Å². The summed E-state index contributed by atoms with van der Waals surface area (Å²) >= 11 is 0. The zero-order valence-corrected chi connectivity index (χ0v) is 31.7. The van der Waals surface area contributed by atoms with Gasteiger partial charge in [0.2, 0.25) is 0 Å². The lowest BCUT2D eigenvalue weighted by atomic mass is 9.77. The number of carbonyl (C=O) groups excluding carboxylic acids is 1. The number of rotatable bonds is 14. The van der Waals surface area contributed by atoms with Crippen LogP contribution in [-0.2, 0) is 16.8 Å². The van der Waals surface area contributed by atoms with Gasteiger partial charge in [0.1, 0.15) is 22.7 Å². The standard InChI is InChI=1S/C46H45N7O2/c1-5-55-45(54)42-31-47-34(4)48-43(42)52(30-29-33(2)3)32-35-25-27-36(28-26-35)40-23-15-16-24-41(40)44-49-50-51-53(44)46(37-17-9-6-10-18-37,38-19-11-7-12-20-38)39-21-13-8-14-22-39/h6-28,31,33H,5,29-30,32H2,1-4H3. The molecule has 7 rings (SSSR count). The molecule has 0 aliphatic heterocycles. The molecule has 2 heterocycles. The number of anilines is 1. The average molecular weight is 728 g/mol. The van der Waals surface area contributed by atoms with E-state index in [9.17, 15) is 4.79 Å². The number of hydrogen-bond acceptors (Lipinski definition) is 8. The topological polar surface area (TPSA) is 98.9 Å². The van der Waals surface area contributed by atoms with Gasteiger partial charge in [-0.3, -0.25) is 0 Å². The molecule has 7 aromatic rings. The second kappa shape index (κ2) is 16.7. The van der Waals surface area contributed by atoms with Gasteiger partial charge in [-0.25, -0.2) is 19.4 Å². The largest absolute Gasteiger partial charge is 0.462 e. The van der Waals surface area contributed by atoms with Crippen molar-refractivity contribution in [2.24, 2.45) is 5.92 Å². The summed E-state index contributed by atoms with van der Waals surface area (Å²) < 4.78 is 7.35. The van der Waals surface area contributed by atoms with Gasteiger partial charge in [-0.15, -0.1) is 5.10 Å². The van der Waals surface area contributed by atoms with E-state index in [-0.39, 0.29) is 6.61 Å². The van der Waals surface area contributed by atoms with Crippen molar-refractivity contribution in [3.05, 3.63) is 179 Å². The maximum atomic E-state index is 13.0. The molecule has 276 valence electrons. The Balaban J connectivity index is 1.30.